The Labute approximate surface area is 149 Å². The predicted molar refractivity (Wildman–Crippen MR) is 94.0 cm³/mol. The molecule has 26 heavy (non-hydrogen) atoms. The van der Waals surface area contributed by atoms with Gasteiger partial charge in [0, 0.05) is 36.4 Å². The van der Waals surface area contributed by atoms with E-state index in [0.29, 0.717) is 17.8 Å². The summed E-state index contributed by atoms with van der Waals surface area (Å²) in [5, 5.41) is 5.31. The number of rotatable bonds is 5. The lowest BCUT2D eigenvalue weighted by Crippen LogP contribution is -2.23. The number of halogens is 1. The fourth-order valence-corrected chi connectivity index (χ4v) is 2.24. The van der Waals surface area contributed by atoms with E-state index in [0.717, 1.165) is 5.56 Å². The Hall–Kier alpha value is -3.61. The Bertz CT molecular complexity index is 932. The zero-order valence-corrected chi connectivity index (χ0v) is 13.6. The highest BCUT2D eigenvalue weighted by Crippen LogP contribution is 2.11. The molecule has 0 aliphatic heterocycles. The Morgan fingerprint density at radius 1 is 0.962 bits per heavy atom. The number of nitrogens with one attached hydrogen (secondary N) is 2. The largest absolute Gasteiger partial charge is 0.348 e. The van der Waals surface area contributed by atoms with E-state index in [9.17, 15) is 14.0 Å². The molecule has 0 radical (unpaired) electrons. The quantitative estimate of drug-likeness (QED) is 0.741. The number of amides is 2. The highest BCUT2D eigenvalue weighted by atomic mass is 19.1. The normalized spacial score (nSPS) is 10.2. The van der Waals surface area contributed by atoms with E-state index >= 15 is 0 Å². The van der Waals surface area contributed by atoms with Crippen LogP contribution in [0, 0.1) is 5.82 Å². The summed E-state index contributed by atoms with van der Waals surface area (Å²) in [6, 6.07) is 12.0. The van der Waals surface area contributed by atoms with E-state index in [1.807, 2.05) is 0 Å². The molecular weight excluding hydrogens is 335 g/mol. The predicted octanol–water partition coefficient (Wildman–Crippen LogP) is 2.80. The number of pyridine rings is 2. The van der Waals surface area contributed by atoms with Crippen molar-refractivity contribution in [2.45, 2.75) is 6.54 Å². The van der Waals surface area contributed by atoms with Crippen molar-refractivity contribution >= 4 is 17.5 Å². The second kappa shape index (κ2) is 7.98. The van der Waals surface area contributed by atoms with Gasteiger partial charge in [-0.05, 0) is 48.0 Å². The fraction of sp³-hybridized carbons (Fsp3) is 0.0526. The number of hydrogen-bond donors (Lipinski definition) is 2. The molecule has 1 aromatic carbocycles. The van der Waals surface area contributed by atoms with Crippen LogP contribution in [0.15, 0.2) is 67.1 Å². The molecule has 0 spiro atoms. The maximum absolute atomic E-state index is 13.2. The van der Waals surface area contributed by atoms with Crippen molar-refractivity contribution in [3.05, 3.63) is 89.8 Å². The first-order valence-corrected chi connectivity index (χ1v) is 7.82. The first-order valence-electron chi connectivity index (χ1n) is 7.82. The first kappa shape index (κ1) is 17.2. The standard InChI is InChI=1S/C19H15FN4O2/c20-15-2-1-3-16(11-15)24-19(26)17-10-14(6-9-22-17)18(25)23-12-13-4-7-21-8-5-13/h1-11H,12H2,(H,23,25)(H,24,26). The highest BCUT2D eigenvalue weighted by Gasteiger charge is 2.12. The van der Waals surface area contributed by atoms with Crippen molar-refractivity contribution in [1.82, 2.24) is 15.3 Å². The molecule has 2 N–H and O–H groups in total. The Kier molecular flexibility index (Phi) is 5.28. The molecule has 0 fully saturated rings. The number of benzene rings is 1. The van der Waals surface area contributed by atoms with Crippen LogP contribution in [0.4, 0.5) is 10.1 Å². The van der Waals surface area contributed by atoms with E-state index in [-0.39, 0.29) is 11.6 Å². The molecule has 2 amide bonds. The van der Waals surface area contributed by atoms with Crippen LogP contribution >= 0.6 is 0 Å². The number of carbonyl (C=O) groups is 2. The van der Waals surface area contributed by atoms with Gasteiger partial charge in [-0.15, -0.1) is 0 Å². The number of aromatic nitrogens is 2. The molecule has 0 saturated heterocycles. The van der Waals surface area contributed by atoms with Crippen molar-refractivity contribution in [1.29, 1.82) is 0 Å². The van der Waals surface area contributed by atoms with Crippen LogP contribution < -0.4 is 10.6 Å². The minimum atomic E-state index is -0.528. The summed E-state index contributed by atoms with van der Waals surface area (Å²) in [7, 11) is 0. The van der Waals surface area contributed by atoms with Crippen molar-refractivity contribution < 1.29 is 14.0 Å². The van der Waals surface area contributed by atoms with Crippen molar-refractivity contribution in [3.8, 4) is 0 Å². The maximum atomic E-state index is 13.2. The lowest BCUT2D eigenvalue weighted by atomic mass is 10.2. The van der Waals surface area contributed by atoms with E-state index in [2.05, 4.69) is 20.6 Å². The molecule has 6 nitrogen and oxygen atoms in total. The maximum Gasteiger partial charge on any atom is 0.274 e. The van der Waals surface area contributed by atoms with Crippen LogP contribution in [0.3, 0.4) is 0 Å². The summed E-state index contributed by atoms with van der Waals surface area (Å²) < 4.78 is 13.2. The van der Waals surface area contributed by atoms with E-state index < -0.39 is 11.7 Å². The molecule has 2 heterocycles. The minimum absolute atomic E-state index is 0.0609. The Morgan fingerprint density at radius 2 is 1.77 bits per heavy atom. The van der Waals surface area contributed by atoms with Crippen LogP contribution in [0.5, 0.6) is 0 Å². The molecule has 0 aliphatic carbocycles. The second-order valence-corrected chi connectivity index (χ2v) is 5.43. The lowest BCUT2D eigenvalue weighted by Gasteiger charge is -2.07. The van der Waals surface area contributed by atoms with Gasteiger partial charge in [0.05, 0.1) is 0 Å². The van der Waals surface area contributed by atoms with Crippen molar-refractivity contribution in [2.75, 3.05) is 5.32 Å². The lowest BCUT2D eigenvalue weighted by molar-refractivity contribution is 0.0950. The van der Waals surface area contributed by atoms with Gasteiger partial charge in [-0.25, -0.2) is 4.39 Å². The van der Waals surface area contributed by atoms with Crippen LogP contribution in [0.2, 0.25) is 0 Å². The first-order chi connectivity index (χ1) is 12.6. The third kappa shape index (κ3) is 4.47. The zero-order chi connectivity index (χ0) is 18.4. The molecule has 3 rings (SSSR count). The van der Waals surface area contributed by atoms with Gasteiger partial charge in [0.15, 0.2) is 0 Å². The number of hydrogen-bond acceptors (Lipinski definition) is 4. The molecule has 0 bridgehead atoms. The Morgan fingerprint density at radius 3 is 2.54 bits per heavy atom. The second-order valence-electron chi connectivity index (χ2n) is 5.43. The SMILES string of the molecule is O=C(NCc1ccncc1)c1ccnc(C(=O)Nc2cccc(F)c2)c1. The smallest absolute Gasteiger partial charge is 0.274 e. The van der Waals surface area contributed by atoms with Gasteiger partial charge in [-0.2, -0.15) is 0 Å². The summed E-state index contributed by atoms with van der Waals surface area (Å²) in [6.07, 6.45) is 4.66. The molecule has 130 valence electrons. The van der Waals surface area contributed by atoms with Crippen molar-refractivity contribution in [3.63, 3.8) is 0 Å². The number of anilines is 1. The average Bonchev–Trinajstić information content (AvgIpc) is 2.67. The molecule has 0 saturated carbocycles. The summed E-state index contributed by atoms with van der Waals surface area (Å²) in [5.74, 6) is -1.32. The topological polar surface area (TPSA) is 84.0 Å². The number of nitrogens with zero attached hydrogens (tertiary/aromatic N) is 2. The summed E-state index contributed by atoms with van der Waals surface area (Å²) >= 11 is 0. The van der Waals surface area contributed by atoms with Gasteiger partial charge < -0.3 is 10.6 Å². The van der Waals surface area contributed by atoms with Crippen LogP contribution in [0.1, 0.15) is 26.4 Å². The summed E-state index contributed by atoms with van der Waals surface area (Å²) in [5.41, 5.74) is 1.58. The minimum Gasteiger partial charge on any atom is -0.348 e. The molecular formula is C19H15FN4O2. The van der Waals surface area contributed by atoms with Crippen LogP contribution in [-0.4, -0.2) is 21.8 Å². The third-order valence-electron chi connectivity index (χ3n) is 3.54. The van der Waals surface area contributed by atoms with Gasteiger partial charge in [0.25, 0.3) is 11.8 Å². The van der Waals surface area contributed by atoms with Gasteiger partial charge in [0.2, 0.25) is 0 Å². The molecule has 3 aromatic rings. The molecule has 0 unspecified atom stereocenters. The summed E-state index contributed by atoms with van der Waals surface area (Å²) in [6.45, 7) is 0.342. The monoisotopic (exact) mass is 350 g/mol. The van der Waals surface area contributed by atoms with Crippen molar-refractivity contribution in [2.24, 2.45) is 0 Å². The Balaban J connectivity index is 1.67. The van der Waals surface area contributed by atoms with Gasteiger partial charge in [-0.1, -0.05) is 6.07 Å². The average molecular weight is 350 g/mol. The van der Waals surface area contributed by atoms with E-state index in [1.165, 1.54) is 36.5 Å². The molecule has 0 aliphatic rings. The number of carbonyl (C=O) groups excluding carboxylic acids is 2. The van der Waals surface area contributed by atoms with Gasteiger partial charge in [0.1, 0.15) is 11.5 Å². The summed E-state index contributed by atoms with van der Waals surface area (Å²) in [4.78, 5) is 32.4. The van der Waals surface area contributed by atoms with Crippen LogP contribution in [-0.2, 0) is 6.54 Å². The highest BCUT2D eigenvalue weighted by molar-refractivity contribution is 6.04. The molecule has 2 aromatic heterocycles. The van der Waals surface area contributed by atoms with Gasteiger partial charge >= 0.3 is 0 Å². The third-order valence-corrected chi connectivity index (χ3v) is 3.54. The van der Waals surface area contributed by atoms with E-state index in [1.54, 1.807) is 30.6 Å². The van der Waals surface area contributed by atoms with Crippen LogP contribution in [0.25, 0.3) is 0 Å². The zero-order valence-electron chi connectivity index (χ0n) is 13.6. The van der Waals surface area contributed by atoms with Gasteiger partial charge in [-0.3, -0.25) is 19.6 Å². The fourth-order valence-electron chi connectivity index (χ4n) is 2.24. The van der Waals surface area contributed by atoms with E-state index in [4.69, 9.17) is 0 Å². The molecule has 0 atom stereocenters. The molecule has 7 heteroatoms.